The van der Waals surface area contributed by atoms with Crippen LogP contribution in [-0.4, -0.2) is 24.6 Å². The largest absolute Gasteiger partial charge is 0.313 e. The summed E-state index contributed by atoms with van der Waals surface area (Å²) >= 11 is 5.97. The first kappa shape index (κ1) is 19.5. The van der Waals surface area contributed by atoms with Gasteiger partial charge >= 0.3 is 0 Å². The monoisotopic (exact) mass is 379 g/mol. The normalized spacial score (nSPS) is 15.0. The quantitative estimate of drug-likeness (QED) is 0.801. The van der Waals surface area contributed by atoms with E-state index >= 15 is 0 Å². The highest BCUT2D eigenvalue weighted by Gasteiger charge is 2.21. The topological polar surface area (TPSA) is 75.2 Å². The maximum Gasteiger partial charge on any atom is 0.250 e. The van der Waals surface area contributed by atoms with Crippen molar-refractivity contribution in [3.63, 3.8) is 0 Å². The highest BCUT2D eigenvalue weighted by atomic mass is 35.5. The zero-order valence-electron chi connectivity index (χ0n) is 14.7. The van der Waals surface area contributed by atoms with Crippen molar-refractivity contribution in [3.8, 4) is 0 Å². The Balaban J connectivity index is 2.37. The van der Waals surface area contributed by atoms with E-state index in [1.54, 1.807) is 12.1 Å². The van der Waals surface area contributed by atoms with Gasteiger partial charge in [0.15, 0.2) is 0 Å². The average Bonchev–Trinajstić information content (AvgIpc) is 2.54. The van der Waals surface area contributed by atoms with Gasteiger partial charge in [0.1, 0.15) is 11.0 Å². The van der Waals surface area contributed by atoms with Crippen LogP contribution >= 0.6 is 11.6 Å². The van der Waals surface area contributed by atoms with E-state index in [-0.39, 0.29) is 11.5 Å². The molecule has 1 N–H and O–H groups in total. The highest BCUT2D eigenvalue weighted by molar-refractivity contribution is 7.85. The number of halogens is 1. The number of H-pyrrole nitrogens is 1. The number of benzene rings is 1. The molecule has 2 aromatic rings. The summed E-state index contributed by atoms with van der Waals surface area (Å²) in [5.74, 6) is -0.0475. The maximum atomic E-state index is 12.5. The Morgan fingerprint density at radius 1 is 1.32 bits per heavy atom. The number of aromatic nitrogens is 2. The van der Waals surface area contributed by atoms with Gasteiger partial charge in [0.2, 0.25) is 0 Å². The van der Waals surface area contributed by atoms with Crippen molar-refractivity contribution < 1.29 is 4.21 Å². The van der Waals surface area contributed by atoms with E-state index in [2.05, 4.69) is 14.4 Å². The summed E-state index contributed by atoms with van der Waals surface area (Å²) in [6, 6.07) is 8.76. The van der Waals surface area contributed by atoms with Gasteiger partial charge in [-0.05, 0) is 44.9 Å². The van der Waals surface area contributed by atoms with Gasteiger partial charge in [-0.25, -0.2) is 9.19 Å². The zero-order chi connectivity index (χ0) is 18.6. The lowest BCUT2D eigenvalue weighted by atomic mass is 9.96. The van der Waals surface area contributed by atoms with Crippen LogP contribution in [0.15, 0.2) is 45.9 Å². The SMILES string of the molecule is CC(C/C(=N/[S@@](=O)C(C)(C)C)c1ccc(Cl)cc1)c1cc(=O)[nH]cn1. The molecule has 0 fully saturated rings. The van der Waals surface area contributed by atoms with Crippen LogP contribution < -0.4 is 5.56 Å². The second-order valence-corrected chi connectivity index (χ2v) is 9.19. The third-order valence-electron chi connectivity index (χ3n) is 3.60. The van der Waals surface area contributed by atoms with Crippen molar-refractivity contribution in [2.75, 3.05) is 0 Å². The molecule has 0 bridgehead atoms. The van der Waals surface area contributed by atoms with E-state index in [0.717, 1.165) is 5.56 Å². The fourth-order valence-corrected chi connectivity index (χ4v) is 2.91. The minimum absolute atomic E-state index is 0.0475. The Bertz CT molecular complexity index is 838. The molecular weight excluding hydrogens is 358 g/mol. The maximum absolute atomic E-state index is 12.5. The van der Waals surface area contributed by atoms with Crippen molar-refractivity contribution in [3.05, 3.63) is 63.3 Å². The van der Waals surface area contributed by atoms with E-state index in [1.165, 1.54) is 12.4 Å². The van der Waals surface area contributed by atoms with Gasteiger partial charge in [-0.15, -0.1) is 0 Å². The molecule has 25 heavy (non-hydrogen) atoms. The Morgan fingerprint density at radius 3 is 2.52 bits per heavy atom. The summed E-state index contributed by atoms with van der Waals surface area (Å²) in [6.45, 7) is 7.61. The first-order valence-electron chi connectivity index (χ1n) is 7.97. The van der Waals surface area contributed by atoms with E-state index in [1.807, 2.05) is 39.8 Å². The predicted octanol–water partition coefficient (Wildman–Crippen LogP) is 3.87. The number of hydrogen-bond acceptors (Lipinski definition) is 3. The Morgan fingerprint density at radius 2 is 1.96 bits per heavy atom. The fraction of sp³-hybridized carbons (Fsp3) is 0.389. The first-order valence-corrected chi connectivity index (χ1v) is 9.45. The minimum Gasteiger partial charge on any atom is -0.313 e. The summed E-state index contributed by atoms with van der Waals surface area (Å²) in [7, 11) is -1.38. The van der Waals surface area contributed by atoms with E-state index in [9.17, 15) is 9.00 Å². The molecule has 1 heterocycles. The first-order chi connectivity index (χ1) is 11.7. The molecule has 134 valence electrons. The molecular formula is C18H22ClN3O2S. The molecule has 0 aliphatic heterocycles. The standard InChI is InChI=1S/C18H22ClN3O2S/c1-12(15-10-17(23)21-11-20-15)9-16(22-25(24)18(2,3)4)13-5-7-14(19)8-6-13/h5-8,10-12H,9H2,1-4H3,(H,20,21,23)/b22-16-/t12?,25-/m0/s1. The number of rotatable bonds is 5. The molecule has 2 atom stereocenters. The fourth-order valence-electron chi connectivity index (χ4n) is 2.13. The summed E-state index contributed by atoms with van der Waals surface area (Å²) < 4.78 is 16.5. The van der Waals surface area contributed by atoms with Crippen LogP contribution in [0.25, 0.3) is 0 Å². The third kappa shape index (κ3) is 5.61. The Hall–Kier alpha value is -1.79. The number of nitrogens with zero attached hydrogens (tertiary/aromatic N) is 2. The number of nitrogens with one attached hydrogen (secondary N) is 1. The Labute approximate surface area is 155 Å². The molecule has 1 aromatic carbocycles. The van der Waals surface area contributed by atoms with E-state index < -0.39 is 15.7 Å². The molecule has 0 aliphatic carbocycles. The van der Waals surface area contributed by atoms with Crippen LogP contribution in [0.3, 0.4) is 0 Å². The van der Waals surface area contributed by atoms with Crippen molar-refractivity contribution in [1.82, 2.24) is 9.97 Å². The Kier molecular flexibility index (Phi) is 6.30. The van der Waals surface area contributed by atoms with Gasteiger partial charge in [-0.2, -0.15) is 4.40 Å². The molecule has 0 saturated heterocycles. The average molecular weight is 380 g/mol. The second kappa shape index (κ2) is 8.06. The second-order valence-electron chi connectivity index (χ2n) is 6.85. The molecule has 0 spiro atoms. The molecule has 0 amide bonds. The van der Waals surface area contributed by atoms with Crippen LogP contribution in [-0.2, 0) is 11.0 Å². The molecule has 1 aromatic heterocycles. The molecule has 0 saturated carbocycles. The van der Waals surface area contributed by atoms with Gasteiger partial charge in [0.25, 0.3) is 5.56 Å². The lowest BCUT2D eigenvalue weighted by Gasteiger charge is -2.17. The van der Waals surface area contributed by atoms with Crippen LogP contribution in [0.2, 0.25) is 5.02 Å². The summed E-state index contributed by atoms with van der Waals surface area (Å²) in [4.78, 5) is 18.2. The molecule has 5 nitrogen and oxygen atoms in total. The van der Waals surface area contributed by atoms with E-state index in [4.69, 9.17) is 11.6 Å². The van der Waals surface area contributed by atoms with E-state index in [0.29, 0.717) is 22.8 Å². The van der Waals surface area contributed by atoms with Gasteiger partial charge in [-0.1, -0.05) is 30.7 Å². The van der Waals surface area contributed by atoms with Crippen molar-refractivity contribution >= 4 is 28.3 Å². The van der Waals surface area contributed by atoms with Crippen LogP contribution in [0, 0.1) is 0 Å². The highest BCUT2D eigenvalue weighted by Crippen LogP contribution is 2.22. The summed E-state index contributed by atoms with van der Waals surface area (Å²) in [6.07, 6.45) is 1.90. The summed E-state index contributed by atoms with van der Waals surface area (Å²) in [5, 5.41) is 0.629. The molecule has 7 heteroatoms. The zero-order valence-corrected chi connectivity index (χ0v) is 16.3. The third-order valence-corrected chi connectivity index (χ3v) is 5.28. The van der Waals surface area contributed by atoms with Crippen LogP contribution in [0.1, 0.15) is 51.3 Å². The van der Waals surface area contributed by atoms with Gasteiger partial charge < -0.3 is 4.98 Å². The van der Waals surface area contributed by atoms with Crippen LogP contribution in [0.5, 0.6) is 0 Å². The minimum atomic E-state index is -1.38. The number of aromatic amines is 1. The molecule has 1 unspecified atom stereocenters. The van der Waals surface area contributed by atoms with Gasteiger partial charge in [-0.3, -0.25) is 4.79 Å². The van der Waals surface area contributed by atoms with Crippen molar-refractivity contribution in [1.29, 1.82) is 0 Å². The number of hydrogen-bond donors (Lipinski definition) is 1. The molecule has 0 radical (unpaired) electrons. The van der Waals surface area contributed by atoms with Gasteiger partial charge in [0, 0.05) is 17.0 Å². The van der Waals surface area contributed by atoms with Crippen molar-refractivity contribution in [2.24, 2.45) is 4.40 Å². The smallest absolute Gasteiger partial charge is 0.250 e. The lowest BCUT2D eigenvalue weighted by molar-refractivity contribution is 0.650. The lowest BCUT2D eigenvalue weighted by Crippen LogP contribution is -2.22. The predicted molar refractivity (Wildman–Crippen MR) is 104 cm³/mol. The summed E-state index contributed by atoms with van der Waals surface area (Å²) in [5.41, 5.74) is 2.05. The van der Waals surface area contributed by atoms with Crippen LogP contribution in [0.4, 0.5) is 0 Å². The molecule has 0 aliphatic rings. The molecule has 2 rings (SSSR count). The van der Waals surface area contributed by atoms with Gasteiger partial charge in [0.05, 0.1) is 22.5 Å². The van der Waals surface area contributed by atoms with Crippen molar-refractivity contribution in [2.45, 2.75) is 44.8 Å².